The highest BCUT2D eigenvalue weighted by Gasteiger charge is 2.21. The van der Waals surface area contributed by atoms with Gasteiger partial charge in [0, 0.05) is 19.4 Å². The number of amides is 1. The lowest BCUT2D eigenvalue weighted by Gasteiger charge is -2.15. The molecule has 7 nitrogen and oxygen atoms in total. The zero-order chi connectivity index (χ0) is 13.8. The third kappa shape index (κ3) is 2.68. The van der Waals surface area contributed by atoms with Crippen molar-refractivity contribution >= 4 is 28.3 Å². The van der Waals surface area contributed by atoms with E-state index in [2.05, 4.69) is 25.0 Å². The van der Waals surface area contributed by atoms with Crippen LogP contribution in [0.2, 0.25) is 0 Å². The summed E-state index contributed by atoms with van der Waals surface area (Å²) in [7, 11) is 1.56. The fourth-order valence-corrected chi connectivity index (χ4v) is 2.50. The molecule has 102 valence electrons. The highest BCUT2D eigenvalue weighted by atomic mass is 32.1. The topological polar surface area (TPSA) is 109 Å². The molecule has 1 amide bonds. The van der Waals surface area contributed by atoms with E-state index in [-0.39, 0.29) is 17.8 Å². The summed E-state index contributed by atoms with van der Waals surface area (Å²) in [5.74, 6) is 0.807. The Kier molecular flexibility index (Phi) is 4.00. The molecule has 1 unspecified atom stereocenters. The molecule has 0 fully saturated rings. The largest absolute Gasteiger partial charge is 0.382 e. The average molecular weight is 280 g/mol. The van der Waals surface area contributed by atoms with Gasteiger partial charge in [0.25, 0.3) is 5.91 Å². The van der Waals surface area contributed by atoms with Crippen LogP contribution in [-0.4, -0.2) is 27.3 Å². The molecular weight excluding hydrogens is 264 g/mol. The van der Waals surface area contributed by atoms with Crippen LogP contribution in [0.4, 0.5) is 10.8 Å². The smallest absolute Gasteiger partial charge is 0.257 e. The van der Waals surface area contributed by atoms with Gasteiger partial charge >= 0.3 is 0 Å². The first-order valence-corrected chi connectivity index (χ1v) is 6.67. The normalized spacial score (nSPS) is 12.1. The molecule has 0 saturated carbocycles. The Morgan fingerprint density at radius 3 is 3.00 bits per heavy atom. The van der Waals surface area contributed by atoms with Gasteiger partial charge in [0.1, 0.15) is 16.4 Å². The maximum Gasteiger partial charge on any atom is 0.257 e. The van der Waals surface area contributed by atoms with Crippen LogP contribution in [0.3, 0.4) is 0 Å². The van der Waals surface area contributed by atoms with Gasteiger partial charge in [-0.3, -0.25) is 4.79 Å². The van der Waals surface area contributed by atoms with Crippen LogP contribution in [0.1, 0.15) is 35.6 Å². The van der Waals surface area contributed by atoms with Gasteiger partial charge in [-0.2, -0.15) is 4.37 Å². The van der Waals surface area contributed by atoms with Crippen molar-refractivity contribution in [3.05, 3.63) is 23.8 Å². The van der Waals surface area contributed by atoms with E-state index in [0.29, 0.717) is 10.6 Å². The predicted octanol–water partition coefficient (Wildman–Crippen LogP) is 1.37. The van der Waals surface area contributed by atoms with Crippen molar-refractivity contribution in [3.63, 3.8) is 0 Å². The van der Waals surface area contributed by atoms with Gasteiger partial charge in [-0.15, -0.1) is 0 Å². The number of nitrogens with two attached hydrogens (primary N) is 1. The maximum absolute atomic E-state index is 11.8. The summed E-state index contributed by atoms with van der Waals surface area (Å²) in [4.78, 5) is 19.1. The summed E-state index contributed by atoms with van der Waals surface area (Å²) >= 11 is 1.17. The first kappa shape index (κ1) is 13.3. The molecule has 0 bridgehead atoms. The molecule has 8 heteroatoms. The van der Waals surface area contributed by atoms with Crippen LogP contribution in [0, 0.1) is 0 Å². The number of carbonyl (C=O) groups excluding carboxylic acids is 1. The summed E-state index contributed by atoms with van der Waals surface area (Å²) in [6.07, 6.45) is 4.28. The molecule has 5 N–H and O–H groups in total. The Bertz CT molecular complexity index is 550. The summed E-state index contributed by atoms with van der Waals surface area (Å²) in [5, 5.41) is 6.47. The second-order valence-electron chi connectivity index (χ2n) is 3.93. The molecule has 0 saturated heterocycles. The zero-order valence-corrected chi connectivity index (χ0v) is 11.5. The monoisotopic (exact) mass is 280 g/mol. The number of nitrogens with zero attached hydrogens (tertiary/aromatic N) is 2. The zero-order valence-electron chi connectivity index (χ0n) is 10.7. The lowest BCUT2D eigenvalue weighted by atomic mass is 10.2. The fraction of sp³-hybridized carbons (Fsp3) is 0.364. The molecule has 0 radical (unpaired) electrons. The SMILES string of the molecule is CCC(Nc1snc(N)c1C(=O)NC)c1ncc[nH]1. The number of H-pyrrole nitrogens is 1. The fourth-order valence-electron chi connectivity index (χ4n) is 1.74. The molecule has 2 rings (SSSR count). The number of rotatable bonds is 5. The minimum absolute atomic E-state index is 0.0155. The standard InChI is InChI=1S/C11H16N6OS/c1-3-6(9-14-4-5-15-9)16-11-7(10(18)13-2)8(12)17-19-11/h4-6,16H,3H2,1-2H3,(H2,12,17)(H,13,18)(H,14,15). The van der Waals surface area contributed by atoms with E-state index >= 15 is 0 Å². The van der Waals surface area contributed by atoms with Gasteiger partial charge in [-0.05, 0) is 18.0 Å². The Labute approximate surface area is 114 Å². The minimum Gasteiger partial charge on any atom is -0.382 e. The summed E-state index contributed by atoms with van der Waals surface area (Å²) in [6.45, 7) is 2.03. The number of nitrogen functional groups attached to an aromatic ring is 1. The van der Waals surface area contributed by atoms with Crippen LogP contribution in [0.15, 0.2) is 12.4 Å². The van der Waals surface area contributed by atoms with E-state index in [0.717, 1.165) is 12.2 Å². The Morgan fingerprint density at radius 2 is 2.42 bits per heavy atom. The minimum atomic E-state index is -0.247. The lowest BCUT2D eigenvalue weighted by Crippen LogP contribution is -2.21. The van der Waals surface area contributed by atoms with Crippen molar-refractivity contribution in [2.24, 2.45) is 0 Å². The third-order valence-electron chi connectivity index (χ3n) is 2.74. The number of aromatic amines is 1. The molecule has 2 heterocycles. The van der Waals surface area contributed by atoms with E-state index in [9.17, 15) is 4.79 Å². The van der Waals surface area contributed by atoms with Gasteiger partial charge < -0.3 is 21.4 Å². The molecule has 2 aromatic rings. The van der Waals surface area contributed by atoms with Crippen LogP contribution >= 0.6 is 11.5 Å². The number of imidazole rings is 1. The predicted molar refractivity (Wildman–Crippen MR) is 75.2 cm³/mol. The highest BCUT2D eigenvalue weighted by molar-refractivity contribution is 7.11. The van der Waals surface area contributed by atoms with Crippen LogP contribution in [-0.2, 0) is 0 Å². The lowest BCUT2D eigenvalue weighted by molar-refractivity contribution is 0.0965. The molecule has 0 aliphatic heterocycles. The number of hydrogen-bond donors (Lipinski definition) is 4. The van der Waals surface area contributed by atoms with Crippen molar-refractivity contribution in [2.45, 2.75) is 19.4 Å². The van der Waals surface area contributed by atoms with Crippen molar-refractivity contribution in [3.8, 4) is 0 Å². The van der Waals surface area contributed by atoms with Crippen molar-refractivity contribution in [2.75, 3.05) is 18.1 Å². The number of nitrogens with one attached hydrogen (secondary N) is 3. The van der Waals surface area contributed by atoms with Crippen LogP contribution in [0.5, 0.6) is 0 Å². The molecule has 0 aromatic carbocycles. The van der Waals surface area contributed by atoms with Crippen molar-refractivity contribution in [1.29, 1.82) is 0 Å². The van der Waals surface area contributed by atoms with Crippen molar-refractivity contribution < 1.29 is 4.79 Å². The average Bonchev–Trinajstić information content (AvgIpc) is 3.05. The second-order valence-corrected chi connectivity index (χ2v) is 4.70. The quantitative estimate of drug-likeness (QED) is 0.661. The highest BCUT2D eigenvalue weighted by Crippen LogP contribution is 2.30. The molecule has 1 atom stereocenters. The molecular formula is C11H16N6OS. The van der Waals surface area contributed by atoms with Gasteiger partial charge in [0.05, 0.1) is 6.04 Å². The Balaban J connectivity index is 2.25. The molecule has 2 aromatic heterocycles. The summed E-state index contributed by atoms with van der Waals surface area (Å²) in [5.41, 5.74) is 6.12. The number of carbonyl (C=O) groups is 1. The maximum atomic E-state index is 11.8. The number of aromatic nitrogens is 3. The Morgan fingerprint density at radius 1 is 1.63 bits per heavy atom. The van der Waals surface area contributed by atoms with Gasteiger partial charge in [-0.25, -0.2) is 4.98 Å². The first-order chi connectivity index (χ1) is 9.17. The molecule has 0 aliphatic rings. The number of hydrogen-bond acceptors (Lipinski definition) is 6. The van der Waals surface area contributed by atoms with Crippen LogP contribution in [0.25, 0.3) is 0 Å². The van der Waals surface area contributed by atoms with E-state index in [4.69, 9.17) is 5.73 Å². The number of anilines is 2. The van der Waals surface area contributed by atoms with E-state index in [1.54, 1.807) is 19.4 Å². The van der Waals surface area contributed by atoms with Gasteiger partial charge in [0.15, 0.2) is 5.82 Å². The van der Waals surface area contributed by atoms with Gasteiger partial charge in [-0.1, -0.05) is 6.92 Å². The molecule has 19 heavy (non-hydrogen) atoms. The second kappa shape index (κ2) is 5.70. The van der Waals surface area contributed by atoms with Crippen LogP contribution < -0.4 is 16.4 Å². The van der Waals surface area contributed by atoms with Gasteiger partial charge in [0.2, 0.25) is 0 Å². The molecule has 0 aliphatic carbocycles. The van der Waals surface area contributed by atoms with E-state index in [1.165, 1.54) is 11.5 Å². The summed E-state index contributed by atoms with van der Waals surface area (Å²) < 4.78 is 4.02. The van der Waals surface area contributed by atoms with E-state index < -0.39 is 0 Å². The Hall–Kier alpha value is -2.09. The molecule has 0 spiro atoms. The first-order valence-electron chi connectivity index (χ1n) is 5.90. The summed E-state index contributed by atoms with van der Waals surface area (Å²) in [6, 6.07) is -0.0155. The van der Waals surface area contributed by atoms with E-state index in [1.807, 2.05) is 6.92 Å². The third-order valence-corrected chi connectivity index (χ3v) is 3.53. The van der Waals surface area contributed by atoms with Crippen molar-refractivity contribution in [1.82, 2.24) is 19.7 Å².